The highest BCUT2D eigenvalue weighted by atomic mass is 35.5. The number of phenolic OH excluding ortho intramolecular Hbond substituents is 1. The topological polar surface area (TPSA) is 152 Å². The molecule has 65 heavy (non-hydrogen) atoms. The number of pyridine rings is 1. The summed E-state index contributed by atoms with van der Waals surface area (Å²) in [5.74, 6) is -1.85. The number of aliphatic hydroxyl groups excluding tert-OH is 1. The van der Waals surface area contributed by atoms with Crippen molar-refractivity contribution in [2.24, 2.45) is 5.92 Å². The molecule has 0 aliphatic carbocycles. The minimum Gasteiger partial charge on any atom is -0.506 e. The van der Waals surface area contributed by atoms with E-state index in [0.717, 1.165) is 47.8 Å². The van der Waals surface area contributed by atoms with Crippen molar-refractivity contribution in [2.75, 3.05) is 26.2 Å². The van der Waals surface area contributed by atoms with E-state index in [-0.39, 0.29) is 59.4 Å². The van der Waals surface area contributed by atoms with Gasteiger partial charge < -0.3 is 30.4 Å². The lowest BCUT2D eigenvalue weighted by Gasteiger charge is -2.33. The van der Waals surface area contributed by atoms with E-state index < -0.39 is 29.3 Å². The summed E-state index contributed by atoms with van der Waals surface area (Å²) in [7, 11) is 0. The van der Waals surface area contributed by atoms with Gasteiger partial charge in [0.2, 0.25) is 11.2 Å². The van der Waals surface area contributed by atoms with Gasteiger partial charge in [-0.25, -0.2) is 9.18 Å². The summed E-state index contributed by atoms with van der Waals surface area (Å²) in [6.45, 7) is 3.12. The van der Waals surface area contributed by atoms with Crippen molar-refractivity contribution in [1.29, 1.82) is 0 Å². The number of aromatic hydroxyl groups is 1. The number of piperidine rings is 1. The molecular weight excluding hydrogens is 865 g/mol. The molecule has 0 spiro atoms. The number of aromatic nitrogens is 1. The largest absolute Gasteiger partial charge is 0.506 e. The highest BCUT2D eigenvalue weighted by Crippen LogP contribution is 2.37. The van der Waals surface area contributed by atoms with Crippen LogP contribution in [0.2, 0.25) is 5.02 Å². The first kappa shape index (κ1) is 45.6. The fraction of sp³-hybridized carbons (Fsp3) is 0.250. The fourth-order valence-electron chi connectivity index (χ4n) is 8.47. The number of thiophene rings is 1. The van der Waals surface area contributed by atoms with E-state index >= 15 is 4.39 Å². The third-order valence-corrected chi connectivity index (χ3v) is 13.5. The average molecular weight is 914 g/mol. The fourth-order valence-corrected chi connectivity index (χ4v) is 9.81. The van der Waals surface area contributed by atoms with E-state index in [9.17, 15) is 29.7 Å². The van der Waals surface area contributed by atoms with E-state index in [1.165, 1.54) is 47.2 Å². The van der Waals surface area contributed by atoms with Crippen LogP contribution in [0.5, 0.6) is 5.75 Å². The number of carbonyl (C=O) groups excluding carboxylic acids is 2. The molecule has 0 bridgehead atoms. The van der Waals surface area contributed by atoms with Gasteiger partial charge in [-0.1, -0.05) is 96.5 Å². The Hall–Kier alpha value is -5.99. The summed E-state index contributed by atoms with van der Waals surface area (Å²) >= 11 is 7.95. The van der Waals surface area contributed by atoms with Crippen LogP contribution >= 0.6 is 22.9 Å². The SMILES string of the molecule is O=C(CCc1ccc(-c2cccc([C@](O)(C(=O)OCC3CCN(Cc4ccccc4)CC3)c3ccccc3)c2)s1)c1c(F)cc(CNC[C@H](O)c2ccc(O)c3[nH]c(=O)ccc23)cc1Cl. The molecule has 334 valence electrons. The number of fused-ring (bicyclic) bond motifs is 1. The molecule has 0 radical (unpaired) electrons. The van der Waals surface area contributed by atoms with Crippen LogP contribution in [0.4, 0.5) is 4.39 Å². The number of benzene rings is 5. The maximum Gasteiger partial charge on any atom is 0.347 e. The first-order valence-electron chi connectivity index (χ1n) is 21.6. The third-order valence-electron chi connectivity index (χ3n) is 12.0. The van der Waals surface area contributed by atoms with Crippen LogP contribution < -0.4 is 10.9 Å². The van der Waals surface area contributed by atoms with Gasteiger partial charge in [0.25, 0.3) is 0 Å². The molecule has 5 aromatic carbocycles. The van der Waals surface area contributed by atoms with E-state index in [0.29, 0.717) is 34.1 Å². The smallest absolute Gasteiger partial charge is 0.347 e. The van der Waals surface area contributed by atoms with E-state index in [2.05, 4.69) is 27.3 Å². The number of phenols is 1. The van der Waals surface area contributed by atoms with Crippen LogP contribution in [0, 0.1) is 11.7 Å². The summed E-state index contributed by atoms with van der Waals surface area (Å²) in [6.07, 6.45) is 1.12. The number of esters is 1. The number of halogens is 2. The summed E-state index contributed by atoms with van der Waals surface area (Å²) in [6, 6.07) is 38.8. The summed E-state index contributed by atoms with van der Waals surface area (Å²) in [4.78, 5) is 45.9. The van der Waals surface area contributed by atoms with Gasteiger partial charge in [-0.3, -0.25) is 14.5 Å². The monoisotopic (exact) mass is 913 g/mol. The number of likely N-dealkylation sites (tertiary alicyclic amines) is 1. The second kappa shape index (κ2) is 20.5. The molecule has 1 aliphatic heterocycles. The van der Waals surface area contributed by atoms with Crippen molar-refractivity contribution in [3.63, 3.8) is 0 Å². The molecule has 8 rings (SSSR count). The molecule has 0 saturated carbocycles. The van der Waals surface area contributed by atoms with Crippen molar-refractivity contribution in [3.8, 4) is 16.2 Å². The number of hydrogen-bond donors (Lipinski definition) is 5. The number of ether oxygens (including phenoxy) is 1. The Kier molecular flexibility index (Phi) is 14.3. The molecule has 1 fully saturated rings. The molecule has 1 aliphatic rings. The lowest BCUT2D eigenvalue weighted by molar-refractivity contribution is -0.164. The summed E-state index contributed by atoms with van der Waals surface area (Å²) in [5, 5.41) is 36.9. The van der Waals surface area contributed by atoms with Crippen molar-refractivity contribution >= 4 is 45.6 Å². The minimum atomic E-state index is -2.05. The zero-order chi connectivity index (χ0) is 45.5. The Bertz CT molecular complexity index is 2820. The number of hydrogen-bond acceptors (Lipinski definition) is 10. The molecule has 10 nitrogen and oxygen atoms in total. The van der Waals surface area contributed by atoms with E-state index in [1.54, 1.807) is 48.5 Å². The number of aryl methyl sites for hydroxylation is 1. The van der Waals surface area contributed by atoms with Gasteiger partial charge in [-0.2, -0.15) is 0 Å². The Morgan fingerprint density at radius 1 is 0.892 bits per heavy atom. The number of nitrogens with one attached hydrogen (secondary N) is 2. The standard InChI is InChI=1S/C52H49ClFN3O7S/c53-42-26-35(29-55-30-46(60)40-16-19-45(59)50-41(40)17-21-48(61)56-50)27-43(54)49(42)44(58)18-14-39-15-20-47(65-39)36-10-7-13-38(28-36)52(63,37-11-5-2-6-12-37)51(62)64-32-34-22-24-57(25-23-34)31-33-8-3-1-4-9-33/h1-13,15-17,19-21,26-28,34,46,55,59-60,63H,14,18,22-25,29-32H2,(H,56,61)/t46-,52-/m0/s1. The van der Waals surface area contributed by atoms with Crippen LogP contribution in [0.25, 0.3) is 21.3 Å². The molecule has 0 unspecified atom stereocenters. The number of Topliss-reactive ketones (excluding diaryl/α,β-unsaturated/α-hetero) is 1. The number of ketones is 1. The molecule has 7 aromatic rings. The lowest BCUT2D eigenvalue weighted by Crippen LogP contribution is -2.40. The maximum absolute atomic E-state index is 15.5. The van der Waals surface area contributed by atoms with Crippen LogP contribution in [-0.4, -0.2) is 63.2 Å². The van der Waals surface area contributed by atoms with Gasteiger partial charge in [-0.05, 0) is 109 Å². The van der Waals surface area contributed by atoms with Gasteiger partial charge in [0.1, 0.15) is 11.6 Å². The molecule has 0 amide bonds. The highest BCUT2D eigenvalue weighted by Gasteiger charge is 2.42. The van der Waals surface area contributed by atoms with Crippen molar-refractivity contribution in [2.45, 2.75) is 50.5 Å². The molecule has 13 heteroatoms. The van der Waals surface area contributed by atoms with E-state index in [4.69, 9.17) is 16.3 Å². The predicted octanol–water partition coefficient (Wildman–Crippen LogP) is 9.08. The van der Waals surface area contributed by atoms with Crippen LogP contribution in [0.1, 0.15) is 68.4 Å². The Morgan fingerprint density at radius 3 is 2.38 bits per heavy atom. The highest BCUT2D eigenvalue weighted by molar-refractivity contribution is 7.15. The second-order valence-electron chi connectivity index (χ2n) is 16.5. The minimum absolute atomic E-state index is 0.0118. The molecule has 2 aromatic heterocycles. The van der Waals surface area contributed by atoms with Gasteiger partial charge in [0, 0.05) is 52.8 Å². The maximum atomic E-state index is 15.5. The third kappa shape index (κ3) is 10.6. The molecular formula is C52H49ClFN3O7S. The molecule has 2 atom stereocenters. The normalized spacial score (nSPS) is 14.8. The number of carbonyl (C=O) groups is 2. The zero-order valence-electron chi connectivity index (χ0n) is 35.5. The van der Waals surface area contributed by atoms with Crippen molar-refractivity contribution in [3.05, 3.63) is 193 Å². The van der Waals surface area contributed by atoms with Crippen molar-refractivity contribution in [1.82, 2.24) is 15.2 Å². The molecule has 3 heterocycles. The summed E-state index contributed by atoms with van der Waals surface area (Å²) in [5.41, 5.74) is 1.38. The number of aliphatic hydroxyl groups is 2. The Labute approximate surface area is 384 Å². The molecule has 1 saturated heterocycles. The quantitative estimate of drug-likeness (QED) is 0.0445. The van der Waals surface area contributed by atoms with Gasteiger partial charge in [-0.15, -0.1) is 11.3 Å². The first-order valence-corrected chi connectivity index (χ1v) is 22.8. The zero-order valence-corrected chi connectivity index (χ0v) is 37.1. The van der Waals surface area contributed by atoms with E-state index in [1.807, 2.05) is 42.5 Å². The number of nitrogens with zero attached hydrogens (tertiary/aromatic N) is 1. The average Bonchev–Trinajstić information content (AvgIpc) is 3.80. The lowest BCUT2D eigenvalue weighted by atomic mass is 9.85. The Morgan fingerprint density at radius 2 is 1.63 bits per heavy atom. The number of aromatic amines is 1. The van der Waals surface area contributed by atoms with Crippen LogP contribution in [0.3, 0.4) is 0 Å². The van der Waals surface area contributed by atoms with Gasteiger partial charge in [0.15, 0.2) is 5.78 Å². The van der Waals surface area contributed by atoms with Gasteiger partial charge in [0.05, 0.1) is 28.8 Å². The predicted molar refractivity (Wildman–Crippen MR) is 252 cm³/mol. The second-order valence-corrected chi connectivity index (χ2v) is 18.1. The number of H-pyrrole nitrogens is 1. The molecule has 5 N–H and O–H groups in total. The Balaban J connectivity index is 0.875. The van der Waals surface area contributed by atoms with Crippen LogP contribution in [0.15, 0.2) is 138 Å². The van der Waals surface area contributed by atoms with Crippen molar-refractivity contribution < 1.29 is 34.0 Å². The summed E-state index contributed by atoms with van der Waals surface area (Å²) < 4.78 is 21.4. The first-order chi connectivity index (χ1) is 31.5. The number of rotatable bonds is 17. The van der Waals surface area contributed by atoms with Crippen LogP contribution in [-0.2, 0) is 34.6 Å². The van der Waals surface area contributed by atoms with Gasteiger partial charge >= 0.3 is 5.97 Å².